The van der Waals surface area contributed by atoms with Gasteiger partial charge in [-0.1, -0.05) is 26.0 Å². The molecule has 0 radical (unpaired) electrons. The third-order valence-electron chi connectivity index (χ3n) is 3.01. The summed E-state index contributed by atoms with van der Waals surface area (Å²) in [6.07, 6.45) is 0.693. The number of amides is 1. The molecule has 1 atom stereocenters. The standard InChI is InChI=1S/C16H26N2O3.ClH/c1-12(2)10-15(17)16(19)18-11-13-4-6-14(7-5-13)21-9-8-20-3;/h4-7,12,15H,8-11,17H2,1-3H3,(H,18,19);1H/t15-;/m0./s1. The van der Waals surface area contributed by atoms with Crippen molar-refractivity contribution in [2.24, 2.45) is 11.7 Å². The highest BCUT2D eigenvalue weighted by molar-refractivity contribution is 5.85. The molecule has 0 aliphatic heterocycles. The second-order valence-electron chi connectivity index (χ2n) is 5.44. The third kappa shape index (κ3) is 8.22. The minimum Gasteiger partial charge on any atom is -0.491 e. The van der Waals surface area contributed by atoms with Gasteiger partial charge >= 0.3 is 0 Å². The fourth-order valence-electron chi connectivity index (χ4n) is 1.88. The Labute approximate surface area is 139 Å². The number of rotatable bonds is 9. The van der Waals surface area contributed by atoms with Crippen LogP contribution in [0.5, 0.6) is 5.75 Å². The zero-order chi connectivity index (χ0) is 15.7. The molecule has 0 fully saturated rings. The van der Waals surface area contributed by atoms with Gasteiger partial charge in [-0.25, -0.2) is 0 Å². The Kier molecular flexibility index (Phi) is 10.6. The fraction of sp³-hybridized carbons (Fsp3) is 0.562. The first-order valence-corrected chi connectivity index (χ1v) is 7.27. The van der Waals surface area contributed by atoms with E-state index in [2.05, 4.69) is 19.2 Å². The Morgan fingerprint density at radius 2 is 1.86 bits per heavy atom. The first kappa shape index (κ1) is 20.7. The van der Waals surface area contributed by atoms with Crippen molar-refractivity contribution in [3.05, 3.63) is 29.8 Å². The van der Waals surface area contributed by atoms with Crippen LogP contribution in [-0.2, 0) is 16.1 Å². The molecule has 0 saturated carbocycles. The van der Waals surface area contributed by atoms with E-state index in [0.29, 0.717) is 32.1 Å². The van der Waals surface area contributed by atoms with E-state index in [-0.39, 0.29) is 18.3 Å². The highest BCUT2D eigenvalue weighted by Gasteiger charge is 2.14. The molecule has 0 aromatic heterocycles. The summed E-state index contributed by atoms with van der Waals surface area (Å²) in [4.78, 5) is 11.8. The fourth-order valence-corrected chi connectivity index (χ4v) is 1.88. The van der Waals surface area contributed by atoms with E-state index < -0.39 is 6.04 Å². The SMILES string of the molecule is COCCOc1ccc(CNC(=O)[C@@H](N)CC(C)C)cc1.Cl. The monoisotopic (exact) mass is 330 g/mol. The van der Waals surface area contributed by atoms with Crippen molar-refractivity contribution in [2.45, 2.75) is 32.9 Å². The number of hydrogen-bond donors (Lipinski definition) is 2. The molecule has 0 unspecified atom stereocenters. The van der Waals surface area contributed by atoms with E-state index in [4.69, 9.17) is 15.2 Å². The smallest absolute Gasteiger partial charge is 0.237 e. The van der Waals surface area contributed by atoms with Crippen LogP contribution in [0.25, 0.3) is 0 Å². The van der Waals surface area contributed by atoms with E-state index in [9.17, 15) is 4.79 Å². The largest absolute Gasteiger partial charge is 0.491 e. The van der Waals surface area contributed by atoms with Gasteiger partial charge in [0.15, 0.2) is 0 Å². The van der Waals surface area contributed by atoms with Crippen LogP contribution in [0.15, 0.2) is 24.3 Å². The molecule has 0 heterocycles. The van der Waals surface area contributed by atoms with Crippen LogP contribution in [0.2, 0.25) is 0 Å². The molecule has 1 amide bonds. The highest BCUT2D eigenvalue weighted by atomic mass is 35.5. The van der Waals surface area contributed by atoms with Crippen LogP contribution < -0.4 is 15.8 Å². The van der Waals surface area contributed by atoms with Crippen molar-refractivity contribution in [3.63, 3.8) is 0 Å². The Morgan fingerprint density at radius 3 is 2.41 bits per heavy atom. The Balaban J connectivity index is 0.00000441. The normalized spacial score (nSPS) is 11.7. The van der Waals surface area contributed by atoms with Crippen molar-refractivity contribution in [1.29, 1.82) is 0 Å². The molecule has 3 N–H and O–H groups in total. The lowest BCUT2D eigenvalue weighted by molar-refractivity contribution is -0.122. The summed E-state index contributed by atoms with van der Waals surface area (Å²) >= 11 is 0. The van der Waals surface area contributed by atoms with E-state index in [0.717, 1.165) is 11.3 Å². The third-order valence-corrected chi connectivity index (χ3v) is 3.01. The lowest BCUT2D eigenvalue weighted by Crippen LogP contribution is -2.40. The summed E-state index contributed by atoms with van der Waals surface area (Å²) in [5.41, 5.74) is 6.84. The first-order chi connectivity index (χ1) is 10.0. The van der Waals surface area contributed by atoms with Gasteiger partial charge in [-0.15, -0.1) is 12.4 Å². The Hall–Kier alpha value is -1.30. The average Bonchev–Trinajstić information content (AvgIpc) is 2.45. The highest BCUT2D eigenvalue weighted by Crippen LogP contribution is 2.12. The van der Waals surface area contributed by atoms with Crippen molar-refractivity contribution < 1.29 is 14.3 Å². The van der Waals surface area contributed by atoms with Gasteiger partial charge < -0.3 is 20.5 Å². The lowest BCUT2D eigenvalue weighted by atomic mass is 10.0. The number of hydrogen-bond acceptors (Lipinski definition) is 4. The number of carbonyl (C=O) groups is 1. The molecule has 1 aromatic rings. The van der Waals surface area contributed by atoms with E-state index in [1.54, 1.807) is 7.11 Å². The van der Waals surface area contributed by atoms with E-state index in [1.807, 2.05) is 24.3 Å². The lowest BCUT2D eigenvalue weighted by Gasteiger charge is -2.14. The van der Waals surface area contributed by atoms with Crippen molar-refractivity contribution in [1.82, 2.24) is 5.32 Å². The molecular weight excluding hydrogens is 304 g/mol. The number of nitrogens with one attached hydrogen (secondary N) is 1. The van der Waals surface area contributed by atoms with Crippen molar-refractivity contribution in [2.75, 3.05) is 20.3 Å². The molecule has 1 rings (SSSR count). The minimum atomic E-state index is -0.443. The van der Waals surface area contributed by atoms with Crippen LogP contribution in [0.1, 0.15) is 25.8 Å². The molecule has 0 bridgehead atoms. The summed E-state index contributed by atoms with van der Waals surface area (Å²) < 4.78 is 10.4. The van der Waals surface area contributed by atoms with Gasteiger partial charge in [-0.2, -0.15) is 0 Å². The summed E-state index contributed by atoms with van der Waals surface area (Å²) in [7, 11) is 1.64. The van der Waals surface area contributed by atoms with Crippen molar-refractivity contribution >= 4 is 18.3 Å². The molecule has 0 aliphatic carbocycles. The van der Waals surface area contributed by atoms with Gasteiger partial charge in [0.25, 0.3) is 0 Å². The molecule has 1 aromatic carbocycles. The molecule has 0 aliphatic rings. The molecule has 0 saturated heterocycles. The molecule has 6 heteroatoms. The molecular formula is C16H27ClN2O3. The maximum atomic E-state index is 11.8. The maximum Gasteiger partial charge on any atom is 0.237 e. The van der Waals surface area contributed by atoms with Gasteiger partial charge in [-0.3, -0.25) is 4.79 Å². The summed E-state index contributed by atoms with van der Waals surface area (Å²) in [6, 6.07) is 7.17. The number of ether oxygens (including phenoxy) is 2. The van der Waals surface area contributed by atoms with Gasteiger partial charge in [-0.05, 0) is 30.0 Å². The minimum absolute atomic E-state index is 0. The van der Waals surface area contributed by atoms with Crippen molar-refractivity contribution in [3.8, 4) is 5.75 Å². The number of carbonyl (C=O) groups excluding carboxylic acids is 1. The van der Waals surface area contributed by atoms with Crippen LogP contribution in [0.4, 0.5) is 0 Å². The number of methoxy groups -OCH3 is 1. The zero-order valence-electron chi connectivity index (χ0n) is 13.5. The Morgan fingerprint density at radius 1 is 1.23 bits per heavy atom. The van der Waals surface area contributed by atoms with Crippen LogP contribution in [0, 0.1) is 5.92 Å². The van der Waals surface area contributed by atoms with E-state index >= 15 is 0 Å². The van der Waals surface area contributed by atoms with Crippen LogP contribution in [0.3, 0.4) is 0 Å². The summed E-state index contributed by atoms with van der Waals surface area (Å²) in [5.74, 6) is 1.09. The average molecular weight is 331 g/mol. The molecule has 22 heavy (non-hydrogen) atoms. The predicted octanol–water partition coefficient (Wildman–Crippen LogP) is 2.12. The first-order valence-electron chi connectivity index (χ1n) is 7.27. The number of nitrogens with two attached hydrogens (primary N) is 1. The van der Waals surface area contributed by atoms with Gasteiger partial charge in [0, 0.05) is 13.7 Å². The second kappa shape index (κ2) is 11.3. The molecule has 5 nitrogen and oxygen atoms in total. The van der Waals surface area contributed by atoms with Crippen LogP contribution >= 0.6 is 12.4 Å². The maximum absolute atomic E-state index is 11.8. The summed E-state index contributed by atoms with van der Waals surface area (Å²) in [5, 5.41) is 2.85. The second-order valence-corrected chi connectivity index (χ2v) is 5.44. The molecule has 126 valence electrons. The zero-order valence-corrected chi connectivity index (χ0v) is 14.3. The van der Waals surface area contributed by atoms with Gasteiger partial charge in [0.05, 0.1) is 12.6 Å². The predicted molar refractivity (Wildman–Crippen MR) is 90.3 cm³/mol. The van der Waals surface area contributed by atoms with Crippen LogP contribution in [-0.4, -0.2) is 32.3 Å². The summed E-state index contributed by atoms with van der Waals surface area (Å²) in [6.45, 7) is 5.66. The number of halogens is 1. The number of benzene rings is 1. The Bertz CT molecular complexity index is 424. The quantitative estimate of drug-likeness (QED) is 0.680. The topological polar surface area (TPSA) is 73.6 Å². The van der Waals surface area contributed by atoms with Gasteiger partial charge in [0.2, 0.25) is 5.91 Å². The molecule has 0 spiro atoms. The van der Waals surface area contributed by atoms with E-state index in [1.165, 1.54) is 0 Å². The van der Waals surface area contributed by atoms with Gasteiger partial charge in [0.1, 0.15) is 12.4 Å².